The summed E-state index contributed by atoms with van der Waals surface area (Å²) in [6.07, 6.45) is 3.83. The average Bonchev–Trinajstić information content (AvgIpc) is 3.30. The first-order valence-corrected chi connectivity index (χ1v) is 8.94. The lowest BCUT2D eigenvalue weighted by Crippen LogP contribution is -2.45. The maximum atomic E-state index is 12.9. The second-order valence-electron chi connectivity index (χ2n) is 6.60. The Kier molecular flexibility index (Phi) is 4.58. The number of benzene rings is 1. The van der Waals surface area contributed by atoms with Crippen molar-refractivity contribution in [1.82, 2.24) is 20.4 Å². The van der Waals surface area contributed by atoms with Crippen molar-refractivity contribution in [2.24, 2.45) is 0 Å². The topological polar surface area (TPSA) is 72.1 Å². The Balaban J connectivity index is 1.69. The van der Waals surface area contributed by atoms with Gasteiger partial charge >= 0.3 is 0 Å². The molecule has 26 heavy (non-hydrogen) atoms. The molecule has 3 aromatic rings. The number of hydrogen-bond donors (Lipinski definition) is 2. The number of rotatable bonds is 4. The summed E-state index contributed by atoms with van der Waals surface area (Å²) in [6.45, 7) is 3.69. The van der Waals surface area contributed by atoms with E-state index >= 15 is 0 Å². The number of aryl methyl sites for hydroxylation is 1. The number of carbonyl (C=O) groups is 1. The highest BCUT2D eigenvalue weighted by Crippen LogP contribution is 2.26. The fraction of sp³-hybridized carbons (Fsp3) is 0.300. The maximum Gasteiger partial charge on any atom is 0.255 e. The summed E-state index contributed by atoms with van der Waals surface area (Å²) >= 11 is 0. The molecular formula is C20H22N4O2. The van der Waals surface area contributed by atoms with Crippen molar-refractivity contribution in [3.8, 4) is 17.1 Å². The van der Waals surface area contributed by atoms with Crippen LogP contribution in [0.4, 0.5) is 0 Å². The second kappa shape index (κ2) is 7.17. The molecule has 1 atom stereocenters. The lowest BCUT2D eigenvalue weighted by atomic mass is 10.1. The number of para-hydroxylation sites is 1. The maximum absolute atomic E-state index is 12.9. The Morgan fingerprint density at radius 2 is 2.12 bits per heavy atom. The molecule has 0 bridgehead atoms. The number of hydrogen-bond acceptors (Lipinski definition) is 4. The van der Waals surface area contributed by atoms with E-state index in [0.29, 0.717) is 17.0 Å². The van der Waals surface area contributed by atoms with Gasteiger partial charge in [0.25, 0.3) is 5.91 Å². The van der Waals surface area contributed by atoms with Crippen molar-refractivity contribution in [3.63, 3.8) is 0 Å². The first-order valence-electron chi connectivity index (χ1n) is 8.94. The van der Waals surface area contributed by atoms with Gasteiger partial charge in [0.2, 0.25) is 0 Å². The van der Waals surface area contributed by atoms with Crippen molar-refractivity contribution in [2.75, 3.05) is 13.1 Å². The van der Waals surface area contributed by atoms with Crippen LogP contribution in [0.2, 0.25) is 0 Å². The standard InChI is InChI=1S/C20H22N4O2/c1-14-9-10-18(26-14)19-17(20(25)22-15-6-5-11-21-12-15)13-24(23-19)16-7-3-2-4-8-16/h2-4,7-10,13,15,21H,5-6,11-12H2,1H3,(H,22,25)/t15-/m0/s1. The number of carbonyl (C=O) groups excluding carboxylic acids is 1. The highest BCUT2D eigenvalue weighted by atomic mass is 16.3. The van der Waals surface area contributed by atoms with E-state index in [0.717, 1.165) is 37.4 Å². The lowest BCUT2D eigenvalue weighted by Gasteiger charge is -2.23. The van der Waals surface area contributed by atoms with Gasteiger partial charge in [-0.15, -0.1) is 0 Å². The van der Waals surface area contributed by atoms with Crippen LogP contribution in [0, 0.1) is 6.92 Å². The molecule has 2 aromatic heterocycles. The van der Waals surface area contributed by atoms with E-state index in [-0.39, 0.29) is 11.9 Å². The third-order valence-electron chi connectivity index (χ3n) is 4.59. The molecule has 3 heterocycles. The van der Waals surface area contributed by atoms with Crippen molar-refractivity contribution >= 4 is 5.91 Å². The molecule has 1 fully saturated rings. The molecule has 134 valence electrons. The van der Waals surface area contributed by atoms with Crippen LogP contribution in [-0.2, 0) is 0 Å². The van der Waals surface area contributed by atoms with Gasteiger partial charge in [-0.3, -0.25) is 4.79 Å². The Labute approximate surface area is 152 Å². The van der Waals surface area contributed by atoms with Gasteiger partial charge in [-0.2, -0.15) is 5.10 Å². The van der Waals surface area contributed by atoms with Crippen LogP contribution in [0.15, 0.2) is 53.1 Å². The molecule has 1 amide bonds. The Morgan fingerprint density at radius 3 is 2.81 bits per heavy atom. The predicted molar refractivity (Wildman–Crippen MR) is 99.4 cm³/mol. The normalized spacial score (nSPS) is 17.2. The van der Waals surface area contributed by atoms with Gasteiger partial charge in [-0.1, -0.05) is 18.2 Å². The van der Waals surface area contributed by atoms with E-state index in [1.165, 1.54) is 0 Å². The van der Waals surface area contributed by atoms with Gasteiger partial charge in [0.1, 0.15) is 11.5 Å². The van der Waals surface area contributed by atoms with E-state index in [4.69, 9.17) is 4.42 Å². The number of aromatic nitrogens is 2. The second-order valence-corrected chi connectivity index (χ2v) is 6.60. The highest BCUT2D eigenvalue weighted by molar-refractivity contribution is 5.99. The van der Waals surface area contributed by atoms with Gasteiger partial charge in [0.15, 0.2) is 5.76 Å². The van der Waals surface area contributed by atoms with Gasteiger partial charge < -0.3 is 15.1 Å². The number of nitrogens with zero attached hydrogens (tertiary/aromatic N) is 2. The molecule has 2 N–H and O–H groups in total. The van der Waals surface area contributed by atoms with E-state index in [2.05, 4.69) is 15.7 Å². The Hall–Kier alpha value is -2.86. The van der Waals surface area contributed by atoms with Gasteiger partial charge in [-0.25, -0.2) is 4.68 Å². The summed E-state index contributed by atoms with van der Waals surface area (Å²) in [5.74, 6) is 1.27. The van der Waals surface area contributed by atoms with Crippen LogP contribution >= 0.6 is 0 Å². The molecule has 6 heteroatoms. The van der Waals surface area contributed by atoms with Crippen LogP contribution in [0.1, 0.15) is 29.0 Å². The van der Waals surface area contributed by atoms with Crippen LogP contribution < -0.4 is 10.6 Å². The third kappa shape index (κ3) is 3.41. The summed E-state index contributed by atoms with van der Waals surface area (Å²) in [4.78, 5) is 12.9. The Morgan fingerprint density at radius 1 is 1.27 bits per heavy atom. The Bertz CT molecular complexity index is 892. The fourth-order valence-corrected chi connectivity index (χ4v) is 3.24. The number of nitrogens with one attached hydrogen (secondary N) is 2. The SMILES string of the molecule is Cc1ccc(-c2nn(-c3ccccc3)cc2C(=O)N[C@H]2CCCNC2)o1. The lowest BCUT2D eigenvalue weighted by molar-refractivity contribution is 0.0931. The first kappa shape index (κ1) is 16.6. The minimum Gasteiger partial charge on any atom is -0.460 e. The zero-order valence-corrected chi connectivity index (χ0v) is 14.7. The average molecular weight is 350 g/mol. The molecule has 6 nitrogen and oxygen atoms in total. The molecule has 0 radical (unpaired) electrons. The summed E-state index contributed by atoms with van der Waals surface area (Å²) in [7, 11) is 0. The molecule has 1 aliphatic rings. The van der Waals surface area contributed by atoms with E-state index in [9.17, 15) is 4.79 Å². The van der Waals surface area contributed by atoms with Crippen molar-refractivity contribution < 1.29 is 9.21 Å². The van der Waals surface area contributed by atoms with E-state index in [1.54, 1.807) is 10.9 Å². The third-order valence-corrected chi connectivity index (χ3v) is 4.59. The summed E-state index contributed by atoms with van der Waals surface area (Å²) in [5, 5.41) is 11.1. The molecule has 0 spiro atoms. The fourth-order valence-electron chi connectivity index (χ4n) is 3.24. The van der Waals surface area contributed by atoms with Gasteiger partial charge in [0, 0.05) is 18.8 Å². The zero-order valence-electron chi connectivity index (χ0n) is 14.7. The zero-order chi connectivity index (χ0) is 17.9. The predicted octanol–water partition coefficient (Wildman–Crippen LogP) is 2.92. The van der Waals surface area contributed by atoms with Crippen molar-refractivity contribution in [3.05, 3.63) is 60.0 Å². The summed E-state index contributed by atoms with van der Waals surface area (Å²) < 4.78 is 7.45. The van der Waals surface area contributed by atoms with Crippen LogP contribution in [0.3, 0.4) is 0 Å². The van der Waals surface area contributed by atoms with Crippen LogP contribution in [-0.4, -0.2) is 34.8 Å². The van der Waals surface area contributed by atoms with Crippen molar-refractivity contribution in [1.29, 1.82) is 0 Å². The molecule has 1 aromatic carbocycles. The number of furan rings is 1. The molecule has 1 aliphatic heterocycles. The van der Waals surface area contributed by atoms with Crippen molar-refractivity contribution in [2.45, 2.75) is 25.8 Å². The monoisotopic (exact) mass is 350 g/mol. The largest absolute Gasteiger partial charge is 0.460 e. The van der Waals surface area contributed by atoms with E-state index in [1.807, 2.05) is 49.4 Å². The summed E-state index contributed by atoms with van der Waals surface area (Å²) in [5.41, 5.74) is 1.98. The minimum absolute atomic E-state index is 0.120. The quantitative estimate of drug-likeness (QED) is 0.759. The van der Waals surface area contributed by atoms with Crippen LogP contribution in [0.5, 0.6) is 0 Å². The molecule has 0 unspecified atom stereocenters. The van der Waals surface area contributed by atoms with E-state index < -0.39 is 0 Å². The molecule has 0 aliphatic carbocycles. The first-order chi connectivity index (χ1) is 12.7. The molecule has 1 saturated heterocycles. The molecular weight excluding hydrogens is 328 g/mol. The van der Waals surface area contributed by atoms with Crippen LogP contribution in [0.25, 0.3) is 17.1 Å². The minimum atomic E-state index is -0.120. The smallest absolute Gasteiger partial charge is 0.255 e. The highest BCUT2D eigenvalue weighted by Gasteiger charge is 2.23. The van der Waals surface area contributed by atoms with Gasteiger partial charge in [-0.05, 0) is 50.6 Å². The summed E-state index contributed by atoms with van der Waals surface area (Å²) in [6, 6.07) is 13.6. The molecule has 0 saturated carbocycles. The number of piperidine rings is 1. The number of amides is 1. The van der Waals surface area contributed by atoms with Gasteiger partial charge in [0.05, 0.1) is 11.3 Å². The molecule has 4 rings (SSSR count).